The number of halogens is 1. The molecule has 0 saturated carbocycles. The topological polar surface area (TPSA) is 42.7 Å². The van der Waals surface area contributed by atoms with E-state index < -0.39 is 0 Å². The number of hydrogen-bond donors (Lipinski definition) is 1. The number of benzene rings is 1. The summed E-state index contributed by atoms with van der Waals surface area (Å²) >= 11 is 5.99. The van der Waals surface area contributed by atoms with Gasteiger partial charge in [-0.2, -0.15) is 5.10 Å². The van der Waals surface area contributed by atoms with Gasteiger partial charge in [-0.3, -0.25) is 9.67 Å². The van der Waals surface area contributed by atoms with Crippen LogP contribution in [0.25, 0.3) is 10.9 Å². The SMILES string of the molecule is Cn1nccc1CCNc1ccnc2cc(Cl)ccc12. The molecule has 0 fully saturated rings. The highest BCUT2D eigenvalue weighted by molar-refractivity contribution is 6.31. The Bertz CT molecular complexity index is 736. The van der Waals surface area contributed by atoms with Crippen molar-refractivity contribution < 1.29 is 0 Å². The van der Waals surface area contributed by atoms with Crippen molar-refractivity contribution in [2.24, 2.45) is 7.05 Å². The second kappa shape index (κ2) is 5.51. The number of rotatable bonds is 4. The maximum Gasteiger partial charge on any atom is 0.0737 e. The van der Waals surface area contributed by atoms with Crippen molar-refractivity contribution in [1.29, 1.82) is 0 Å². The Hall–Kier alpha value is -2.07. The lowest BCUT2D eigenvalue weighted by Crippen LogP contribution is -2.08. The number of pyridine rings is 1. The van der Waals surface area contributed by atoms with E-state index in [1.54, 1.807) is 6.20 Å². The minimum atomic E-state index is 0.706. The molecule has 2 aromatic heterocycles. The van der Waals surface area contributed by atoms with Crippen LogP contribution in [0.4, 0.5) is 5.69 Å². The number of hydrogen-bond acceptors (Lipinski definition) is 3. The predicted molar refractivity (Wildman–Crippen MR) is 82.2 cm³/mol. The van der Waals surface area contributed by atoms with Gasteiger partial charge in [-0.05, 0) is 30.3 Å². The van der Waals surface area contributed by atoms with E-state index in [2.05, 4.69) is 15.4 Å². The average Bonchev–Trinajstić information content (AvgIpc) is 2.84. The van der Waals surface area contributed by atoms with E-state index in [1.807, 2.05) is 48.3 Å². The molecule has 5 heteroatoms. The zero-order valence-electron chi connectivity index (χ0n) is 11.2. The summed E-state index contributed by atoms with van der Waals surface area (Å²) in [5.41, 5.74) is 3.19. The van der Waals surface area contributed by atoms with Crippen LogP contribution in [0.3, 0.4) is 0 Å². The van der Waals surface area contributed by atoms with Crippen LogP contribution in [-0.2, 0) is 13.5 Å². The van der Waals surface area contributed by atoms with Gasteiger partial charge in [0.2, 0.25) is 0 Å². The van der Waals surface area contributed by atoms with E-state index in [1.165, 1.54) is 5.69 Å². The van der Waals surface area contributed by atoms with Crippen molar-refractivity contribution in [2.75, 3.05) is 11.9 Å². The highest BCUT2D eigenvalue weighted by Gasteiger charge is 2.03. The van der Waals surface area contributed by atoms with Crippen molar-refractivity contribution in [1.82, 2.24) is 14.8 Å². The quantitative estimate of drug-likeness (QED) is 0.800. The molecule has 0 unspecified atom stereocenters. The highest BCUT2D eigenvalue weighted by Crippen LogP contribution is 2.24. The molecule has 0 amide bonds. The van der Waals surface area contributed by atoms with E-state index in [9.17, 15) is 0 Å². The molecule has 0 aliphatic heterocycles. The van der Waals surface area contributed by atoms with E-state index in [0.717, 1.165) is 29.6 Å². The van der Waals surface area contributed by atoms with Gasteiger partial charge in [-0.1, -0.05) is 11.6 Å². The summed E-state index contributed by atoms with van der Waals surface area (Å²) in [6, 6.07) is 9.78. The fraction of sp³-hybridized carbons (Fsp3) is 0.200. The zero-order chi connectivity index (χ0) is 13.9. The first-order valence-electron chi connectivity index (χ1n) is 6.49. The lowest BCUT2D eigenvalue weighted by atomic mass is 10.2. The van der Waals surface area contributed by atoms with Gasteiger partial charge in [0, 0.05) is 54.2 Å². The third-order valence-corrected chi connectivity index (χ3v) is 3.56. The third kappa shape index (κ3) is 2.60. The van der Waals surface area contributed by atoms with E-state index in [-0.39, 0.29) is 0 Å². The Balaban J connectivity index is 1.76. The Kier molecular flexibility index (Phi) is 3.56. The van der Waals surface area contributed by atoms with Crippen molar-refractivity contribution in [3.63, 3.8) is 0 Å². The summed E-state index contributed by atoms with van der Waals surface area (Å²) < 4.78 is 1.89. The zero-order valence-corrected chi connectivity index (χ0v) is 11.9. The van der Waals surface area contributed by atoms with Crippen LogP contribution in [-0.4, -0.2) is 21.3 Å². The fourth-order valence-electron chi connectivity index (χ4n) is 2.25. The van der Waals surface area contributed by atoms with Crippen LogP contribution >= 0.6 is 11.6 Å². The normalized spacial score (nSPS) is 10.9. The van der Waals surface area contributed by atoms with E-state index in [0.29, 0.717) is 5.02 Å². The molecule has 1 N–H and O–H groups in total. The van der Waals surface area contributed by atoms with Gasteiger partial charge < -0.3 is 5.32 Å². The summed E-state index contributed by atoms with van der Waals surface area (Å²) in [6.07, 6.45) is 4.54. The minimum Gasteiger partial charge on any atom is -0.384 e. The largest absolute Gasteiger partial charge is 0.384 e. The Morgan fingerprint density at radius 3 is 2.90 bits per heavy atom. The molecule has 0 radical (unpaired) electrons. The van der Waals surface area contributed by atoms with Crippen LogP contribution in [0.5, 0.6) is 0 Å². The lowest BCUT2D eigenvalue weighted by molar-refractivity contribution is 0.711. The maximum absolute atomic E-state index is 5.99. The van der Waals surface area contributed by atoms with Gasteiger partial charge in [-0.15, -0.1) is 0 Å². The van der Waals surface area contributed by atoms with Crippen LogP contribution in [0.1, 0.15) is 5.69 Å². The molecule has 2 heterocycles. The molecule has 0 aliphatic rings. The van der Waals surface area contributed by atoms with Crippen molar-refractivity contribution in [3.8, 4) is 0 Å². The predicted octanol–water partition coefficient (Wildman–Crippen LogP) is 3.28. The molecule has 4 nitrogen and oxygen atoms in total. The summed E-state index contributed by atoms with van der Waals surface area (Å²) in [5, 5.41) is 9.41. The summed E-state index contributed by atoms with van der Waals surface area (Å²) in [4.78, 5) is 4.34. The number of aryl methyl sites for hydroxylation is 1. The lowest BCUT2D eigenvalue weighted by Gasteiger charge is -2.09. The molecule has 20 heavy (non-hydrogen) atoms. The standard InChI is InChI=1S/C15H15ClN4/c1-20-12(5-9-19-20)4-7-17-14-6-8-18-15-10-11(16)2-3-13(14)15/h2-3,5-6,8-10H,4,7H2,1H3,(H,17,18). The third-order valence-electron chi connectivity index (χ3n) is 3.32. The molecule has 0 aliphatic carbocycles. The molecular weight excluding hydrogens is 272 g/mol. The molecule has 0 spiro atoms. The number of anilines is 1. The van der Waals surface area contributed by atoms with Crippen LogP contribution in [0.2, 0.25) is 5.02 Å². The molecule has 0 bridgehead atoms. The number of nitrogens with zero attached hydrogens (tertiary/aromatic N) is 3. The van der Waals surface area contributed by atoms with Crippen LogP contribution in [0.15, 0.2) is 42.7 Å². The van der Waals surface area contributed by atoms with Crippen LogP contribution < -0.4 is 5.32 Å². The summed E-state index contributed by atoms with van der Waals surface area (Å²) in [5.74, 6) is 0. The molecule has 1 aromatic carbocycles. The van der Waals surface area contributed by atoms with Gasteiger partial charge in [-0.25, -0.2) is 0 Å². The maximum atomic E-state index is 5.99. The molecule has 0 saturated heterocycles. The van der Waals surface area contributed by atoms with Gasteiger partial charge in [0.25, 0.3) is 0 Å². The fourth-order valence-corrected chi connectivity index (χ4v) is 2.41. The second-order valence-electron chi connectivity index (χ2n) is 4.64. The monoisotopic (exact) mass is 286 g/mol. The van der Waals surface area contributed by atoms with Gasteiger partial charge in [0.1, 0.15) is 0 Å². The van der Waals surface area contributed by atoms with Crippen molar-refractivity contribution in [2.45, 2.75) is 6.42 Å². The molecule has 102 valence electrons. The first-order valence-corrected chi connectivity index (χ1v) is 6.87. The smallest absolute Gasteiger partial charge is 0.0737 e. The molecule has 0 atom stereocenters. The molecule has 3 rings (SSSR count). The Labute approximate surface area is 122 Å². The average molecular weight is 287 g/mol. The van der Waals surface area contributed by atoms with Gasteiger partial charge in [0.05, 0.1) is 5.52 Å². The Morgan fingerprint density at radius 2 is 2.10 bits per heavy atom. The number of nitrogens with one attached hydrogen (secondary N) is 1. The number of fused-ring (bicyclic) bond motifs is 1. The highest BCUT2D eigenvalue weighted by atomic mass is 35.5. The summed E-state index contributed by atoms with van der Waals surface area (Å²) in [7, 11) is 1.96. The van der Waals surface area contributed by atoms with Gasteiger partial charge >= 0.3 is 0 Å². The van der Waals surface area contributed by atoms with E-state index in [4.69, 9.17) is 11.6 Å². The molecular formula is C15H15ClN4. The second-order valence-corrected chi connectivity index (χ2v) is 5.08. The van der Waals surface area contributed by atoms with Crippen molar-refractivity contribution in [3.05, 3.63) is 53.4 Å². The Morgan fingerprint density at radius 1 is 1.20 bits per heavy atom. The van der Waals surface area contributed by atoms with Gasteiger partial charge in [0.15, 0.2) is 0 Å². The molecule has 3 aromatic rings. The van der Waals surface area contributed by atoms with Crippen LogP contribution in [0, 0.1) is 0 Å². The van der Waals surface area contributed by atoms with Crippen molar-refractivity contribution >= 4 is 28.2 Å². The summed E-state index contributed by atoms with van der Waals surface area (Å²) in [6.45, 7) is 0.848. The first kappa shape index (κ1) is 12.9. The minimum absolute atomic E-state index is 0.706. The number of aromatic nitrogens is 3. The van der Waals surface area contributed by atoms with E-state index >= 15 is 0 Å². The first-order chi connectivity index (χ1) is 9.74.